The Labute approximate surface area is 168 Å². The third-order valence-electron chi connectivity index (χ3n) is 5.49. The molecule has 0 saturated heterocycles. The van der Waals surface area contributed by atoms with Gasteiger partial charge in [-0.2, -0.15) is 0 Å². The van der Waals surface area contributed by atoms with Crippen molar-refractivity contribution in [3.8, 4) is 0 Å². The van der Waals surface area contributed by atoms with Crippen LogP contribution in [0.4, 0.5) is 0 Å². The summed E-state index contributed by atoms with van der Waals surface area (Å²) in [6, 6.07) is 16.3. The molecule has 0 atom stereocenters. The molecule has 0 radical (unpaired) electrons. The lowest BCUT2D eigenvalue weighted by Gasteiger charge is -2.27. The summed E-state index contributed by atoms with van der Waals surface area (Å²) in [5.41, 5.74) is 7.97. The summed E-state index contributed by atoms with van der Waals surface area (Å²) < 4.78 is 0. The van der Waals surface area contributed by atoms with Crippen molar-refractivity contribution in [2.75, 3.05) is 0 Å². The van der Waals surface area contributed by atoms with Gasteiger partial charge in [0.25, 0.3) is 0 Å². The van der Waals surface area contributed by atoms with Gasteiger partial charge in [-0.1, -0.05) is 105 Å². The van der Waals surface area contributed by atoms with Crippen LogP contribution in [0.25, 0.3) is 0 Å². The average molecular weight is 365 g/mol. The van der Waals surface area contributed by atoms with Crippen molar-refractivity contribution >= 4 is 0 Å². The van der Waals surface area contributed by atoms with Crippen molar-refractivity contribution in [2.24, 2.45) is 0 Å². The van der Waals surface area contributed by atoms with Crippen molar-refractivity contribution in [1.29, 1.82) is 0 Å². The minimum absolute atomic E-state index is 0.183. The van der Waals surface area contributed by atoms with Gasteiger partial charge in [0.1, 0.15) is 0 Å². The first kappa shape index (κ1) is 21.7. The molecule has 0 nitrogen and oxygen atoms in total. The molecule has 2 rings (SSSR count). The van der Waals surface area contributed by atoms with E-state index in [2.05, 4.69) is 105 Å². The lowest BCUT2D eigenvalue weighted by molar-refractivity contribution is 0.561. The number of benzene rings is 2. The Bertz CT molecular complexity index is 758. The Balaban J connectivity index is 2.16. The maximum atomic E-state index is 2.45. The Morgan fingerprint density at radius 2 is 1.19 bits per heavy atom. The van der Waals surface area contributed by atoms with Crippen LogP contribution in [0.15, 0.2) is 42.5 Å². The maximum Gasteiger partial charge on any atom is -0.0129 e. The molecule has 0 aliphatic heterocycles. The van der Waals surface area contributed by atoms with Gasteiger partial charge in [0.15, 0.2) is 0 Å². The lowest BCUT2D eigenvalue weighted by Crippen LogP contribution is -2.18. The van der Waals surface area contributed by atoms with E-state index in [9.17, 15) is 0 Å². The first-order chi connectivity index (χ1) is 12.3. The van der Waals surface area contributed by atoms with Gasteiger partial charge in [-0.3, -0.25) is 0 Å². The number of hydrogen-bond donors (Lipinski definition) is 0. The first-order valence-corrected chi connectivity index (χ1v) is 10.5. The van der Waals surface area contributed by atoms with Crippen LogP contribution in [-0.2, 0) is 29.1 Å². The molecule has 0 fully saturated rings. The predicted octanol–water partition coefficient (Wildman–Crippen LogP) is 7.75. The molecular formula is C27H40. The molecule has 0 unspecified atom stereocenters. The molecular weight excluding hydrogens is 324 g/mol. The Hall–Kier alpha value is -1.56. The van der Waals surface area contributed by atoms with Crippen molar-refractivity contribution < 1.29 is 0 Å². The van der Waals surface area contributed by atoms with Gasteiger partial charge in [-0.15, -0.1) is 0 Å². The Kier molecular flexibility index (Phi) is 6.30. The molecule has 0 aromatic heterocycles. The van der Waals surface area contributed by atoms with Crippen molar-refractivity contribution in [3.63, 3.8) is 0 Å². The summed E-state index contributed by atoms with van der Waals surface area (Å²) in [4.78, 5) is 0. The second-order valence-electron chi connectivity index (χ2n) is 11.2. The SMILES string of the molecule is CC(C)(C)c1cccc(CCCc2ccc(C(C)(C)C)cc2C(C)(C)C)c1. The third kappa shape index (κ3) is 5.96. The maximum absolute atomic E-state index is 2.45. The van der Waals surface area contributed by atoms with Gasteiger partial charge in [0.2, 0.25) is 0 Å². The van der Waals surface area contributed by atoms with E-state index in [4.69, 9.17) is 0 Å². The van der Waals surface area contributed by atoms with E-state index >= 15 is 0 Å². The minimum atomic E-state index is 0.183. The lowest BCUT2D eigenvalue weighted by atomic mass is 9.77. The molecule has 148 valence electrons. The quantitative estimate of drug-likeness (QED) is 0.520. The zero-order valence-electron chi connectivity index (χ0n) is 19.2. The molecule has 2 aromatic rings. The minimum Gasteiger partial charge on any atom is -0.0617 e. The molecule has 0 aliphatic carbocycles. The van der Waals surface area contributed by atoms with Crippen molar-refractivity contribution in [3.05, 3.63) is 70.3 Å². The highest BCUT2D eigenvalue weighted by Crippen LogP contribution is 2.32. The molecule has 0 aliphatic rings. The smallest absolute Gasteiger partial charge is 0.0129 e. The molecule has 0 bridgehead atoms. The fourth-order valence-corrected chi connectivity index (χ4v) is 3.64. The van der Waals surface area contributed by atoms with Crippen LogP contribution < -0.4 is 0 Å². The number of aryl methyl sites for hydroxylation is 2. The number of rotatable bonds is 4. The summed E-state index contributed by atoms with van der Waals surface area (Å²) in [7, 11) is 0. The zero-order chi connectivity index (χ0) is 20.5. The second kappa shape index (κ2) is 7.82. The van der Waals surface area contributed by atoms with Crippen molar-refractivity contribution in [2.45, 2.75) is 97.8 Å². The van der Waals surface area contributed by atoms with Crippen LogP contribution in [0.1, 0.15) is 96.6 Å². The molecule has 0 N–H and O–H groups in total. The van der Waals surface area contributed by atoms with E-state index in [1.807, 2.05) is 0 Å². The standard InChI is InChI=1S/C27H40/c1-25(2,3)22-15-11-13-20(18-22)12-10-14-21-16-17-23(26(4,5)6)19-24(21)27(7,8)9/h11,13,15-19H,10,12,14H2,1-9H3. The van der Waals surface area contributed by atoms with Crippen LogP contribution in [0.3, 0.4) is 0 Å². The van der Waals surface area contributed by atoms with E-state index in [0.29, 0.717) is 0 Å². The van der Waals surface area contributed by atoms with Crippen LogP contribution >= 0.6 is 0 Å². The van der Waals surface area contributed by atoms with Gasteiger partial charge < -0.3 is 0 Å². The predicted molar refractivity (Wildman–Crippen MR) is 121 cm³/mol. The highest BCUT2D eigenvalue weighted by molar-refractivity contribution is 5.39. The summed E-state index contributed by atoms with van der Waals surface area (Å²) in [6.45, 7) is 20.8. The van der Waals surface area contributed by atoms with Gasteiger partial charge in [-0.25, -0.2) is 0 Å². The molecule has 0 saturated carbocycles. The number of hydrogen-bond acceptors (Lipinski definition) is 0. The summed E-state index contributed by atoms with van der Waals surface area (Å²) in [5.74, 6) is 0. The van der Waals surface area contributed by atoms with E-state index in [1.165, 1.54) is 34.2 Å². The molecule has 2 aromatic carbocycles. The average Bonchev–Trinajstić information content (AvgIpc) is 2.52. The molecule has 0 amide bonds. The van der Waals surface area contributed by atoms with Gasteiger partial charge >= 0.3 is 0 Å². The van der Waals surface area contributed by atoms with E-state index in [1.54, 1.807) is 0 Å². The third-order valence-corrected chi connectivity index (χ3v) is 5.49. The van der Waals surface area contributed by atoms with Crippen LogP contribution in [0, 0.1) is 0 Å². The first-order valence-electron chi connectivity index (χ1n) is 10.5. The highest BCUT2D eigenvalue weighted by atomic mass is 14.3. The van der Waals surface area contributed by atoms with Crippen LogP contribution in [-0.4, -0.2) is 0 Å². The highest BCUT2D eigenvalue weighted by Gasteiger charge is 2.22. The van der Waals surface area contributed by atoms with E-state index in [0.717, 1.165) is 12.8 Å². The summed E-state index contributed by atoms with van der Waals surface area (Å²) in [6.07, 6.45) is 3.50. The molecule has 0 heterocycles. The topological polar surface area (TPSA) is 0 Å². The largest absolute Gasteiger partial charge is 0.0617 e. The van der Waals surface area contributed by atoms with Gasteiger partial charge in [0, 0.05) is 0 Å². The zero-order valence-corrected chi connectivity index (χ0v) is 19.2. The van der Waals surface area contributed by atoms with Gasteiger partial charge in [0.05, 0.1) is 0 Å². The summed E-state index contributed by atoms with van der Waals surface area (Å²) >= 11 is 0. The Morgan fingerprint density at radius 3 is 1.74 bits per heavy atom. The molecule has 27 heavy (non-hydrogen) atoms. The molecule has 0 spiro atoms. The van der Waals surface area contributed by atoms with Crippen LogP contribution in [0.2, 0.25) is 0 Å². The van der Waals surface area contributed by atoms with E-state index < -0.39 is 0 Å². The molecule has 0 heteroatoms. The monoisotopic (exact) mass is 364 g/mol. The second-order valence-corrected chi connectivity index (χ2v) is 11.2. The van der Waals surface area contributed by atoms with Crippen LogP contribution in [0.5, 0.6) is 0 Å². The van der Waals surface area contributed by atoms with Gasteiger partial charge in [-0.05, 0) is 63.3 Å². The fraction of sp³-hybridized carbons (Fsp3) is 0.556. The summed E-state index contributed by atoms with van der Waals surface area (Å²) in [5, 5.41) is 0. The Morgan fingerprint density at radius 1 is 0.593 bits per heavy atom. The normalized spacial score (nSPS) is 13.1. The van der Waals surface area contributed by atoms with E-state index in [-0.39, 0.29) is 16.2 Å². The van der Waals surface area contributed by atoms with Crippen molar-refractivity contribution in [1.82, 2.24) is 0 Å². The fourth-order valence-electron chi connectivity index (χ4n) is 3.64.